The van der Waals surface area contributed by atoms with Gasteiger partial charge in [0, 0.05) is 41.8 Å². The van der Waals surface area contributed by atoms with E-state index in [0.29, 0.717) is 18.7 Å². The Morgan fingerprint density at radius 1 is 1.29 bits per heavy atom. The van der Waals surface area contributed by atoms with Crippen LogP contribution in [0, 0.1) is 12.8 Å². The second kappa shape index (κ2) is 18.4. The summed E-state index contributed by atoms with van der Waals surface area (Å²) < 4.78 is 14.1. The van der Waals surface area contributed by atoms with Crippen molar-refractivity contribution in [2.75, 3.05) is 21.3 Å². The predicted molar refractivity (Wildman–Crippen MR) is 139 cm³/mol. The van der Waals surface area contributed by atoms with Gasteiger partial charge in [-0.3, -0.25) is 9.59 Å². The highest BCUT2D eigenvalue weighted by atomic mass is 32.1. The minimum absolute atomic E-state index is 0.0205. The van der Waals surface area contributed by atoms with Crippen LogP contribution >= 0.6 is 11.3 Å². The van der Waals surface area contributed by atoms with E-state index in [-0.39, 0.29) is 28.9 Å². The lowest BCUT2D eigenvalue weighted by Crippen LogP contribution is -2.20. The van der Waals surface area contributed by atoms with E-state index < -0.39 is 5.63 Å². The molecule has 2 heterocycles. The summed E-state index contributed by atoms with van der Waals surface area (Å²) in [6.45, 7) is 8.73. The van der Waals surface area contributed by atoms with Gasteiger partial charge < -0.3 is 24.3 Å². The van der Waals surface area contributed by atoms with Crippen LogP contribution in [-0.4, -0.2) is 38.6 Å². The Balaban J connectivity index is 0.000000726. The van der Waals surface area contributed by atoms with E-state index in [1.807, 2.05) is 33.2 Å². The Labute approximate surface area is 212 Å². The maximum absolute atomic E-state index is 12.1. The molecule has 2 aromatic rings. The number of nitrogens with one attached hydrogen (secondary N) is 1. The lowest BCUT2D eigenvalue weighted by Gasteiger charge is -2.12. The van der Waals surface area contributed by atoms with Crippen molar-refractivity contribution >= 4 is 23.6 Å². The minimum atomic E-state index is -0.752. The number of allylic oxidation sites excluding steroid dienone is 1. The SMILES string of the molecule is CCC(C)C(=O)c1c(O)cc(C(C)CC/C=C/NC)oc1=O.COC=O.COCc1ccc(C)s1. The number of rotatable bonds is 11. The van der Waals surface area contributed by atoms with E-state index in [4.69, 9.17) is 13.9 Å². The first-order valence-corrected chi connectivity index (χ1v) is 12.2. The lowest BCUT2D eigenvalue weighted by molar-refractivity contribution is -0.126. The van der Waals surface area contributed by atoms with E-state index in [2.05, 4.69) is 29.1 Å². The normalized spacial score (nSPS) is 12.0. The van der Waals surface area contributed by atoms with Crippen molar-refractivity contribution in [2.24, 2.45) is 5.92 Å². The van der Waals surface area contributed by atoms with Crippen molar-refractivity contribution < 1.29 is 28.6 Å². The fraction of sp³-hybridized carbons (Fsp3) is 0.500. The highest BCUT2D eigenvalue weighted by Crippen LogP contribution is 2.26. The Kier molecular flexibility index (Phi) is 16.9. The van der Waals surface area contributed by atoms with Crippen LogP contribution in [0.2, 0.25) is 0 Å². The van der Waals surface area contributed by atoms with E-state index in [1.54, 1.807) is 25.4 Å². The maximum Gasteiger partial charge on any atom is 0.350 e. The van der Waals surface area contributed by atoms with Crippen LogP contribution in [-0.2, 0) is 20.9 Å². The van der Waals surface area contributed by atoms with E-state index >= 15 is 0 Å². The minimum Gasteiger partial charge on any atom is -0.507 e. The molecule has 2 atom stereocenters. The topological polar surface area (TPSA) is 115 Å². The third-order valence-electron chi connectivity index (χ3n) is 4.97. The summed E-state index contributed by atoms with van der Waals surface area (Å²) in [6.07, 6.45) is 6.02. The molecule has 2 unspecified atom stereocenters. The molecular weight excluding hydrogens is 470 g/mol. The van der Waals surface area contributed by atoms with Gasteiger partial charge in [-0.05, 0) is 44.5 Å². The molecule has 35 heavy (non-hydrogen) atoms. The van der Waals surface area contributed by atoms with Crippen LogP contribution in [0.15, 0.2) is 39.7 Å². The number of Topliss-reactive ketones (excluding diaryl/α,β-unsaturated/α-hetero) is 1. The maximum atomic E-state index is 12.1. The van der Waals surface area contributed by atoms with Gasteiger partial charge in [0.1, 0.15) is 17.1 Å². The number of hydrogen-bond donors (Lipinski definition) is 2. The summed E-state index contributed by atoms with van der Waals surface area (Å²) in [5.41, 5.74) is -0.988. The number of carbonyl (C=O) groups excluding carboxylic acids is 2. The monoisotopic (exact) mass is 509 g/mol. The standard InChI is InChI=1S/C17H25NO4.C7H10OS.C2H4O2/c1-5-11(2)16(20)15-13(19)10-14(22-17(15)21)12(3)8-6-7-9-18-4;1-6-3-4-7(9-6)5-8-2;1-4-2-3/h7,9-12,18-19H,5-6,8H2,1-4H3;3-4H,5H2,1-2H3;2H,1H3/b9-7+;;. The molecule has 0 aliphatic carbocycles. The highest BCUT2D eigenvalue weighted by Gasteiger charge is 2.24. The third-order valence-corrected chi connectivity index (χ3v) is 5.95. The molecule has 0 saturated carbocycles. The van der Waals surface area contributed by atoms with Crippen LogP contribution in [0.4, 0.5) is 0 Å². The van der Waals surface area contributed by atoms with Crippen molar-refractivity contribution in [1.29, 1.82) is 0 Å². The Hall–Kier alpha value is -2.91. The zero-order valence-corrected chi connectivity index (χ0v) is 22.6. The molecule has 0 amide bonds. The Bertz CT molecular complexity index is 965. The van der Waals surface area contributed by atoms with Gasteiger partial charge in [0.25, 0.3) is 6.47 Å². The smallest absolute Gasteiger partial charge is 0.350 e. The van der Waals surface area contributed by atoms with Crippen LogP contribution < -0.4 is 10.9 Å². The fourth-order valence-corrected chi connectivity index (χ4v) is 3.66. The number of carbonyl (C=O) groups is 2. The number of ether oxygens (including phenoxy) is 2. The molecule has 8 nitrogen and oxygen atoms in total. The molecule has 0 radical (unpaired) electrons. The van der Waals surface area contributed by atoms with Gasteiger partial charge in [0.15, 0.2) is 5.78 Å². The first kappa shape index (κ1) is 32.1. The molecule has 0 aromatic carbocycles. The zero-order chi connectivity index (χ0) is 26.8. The molecule has 9 heteroatoms. The van der Waals surface area contributed by atoms with E-state index in [0.717, 1.165) is 19.4 Å². The molecule has 0 fully saturated rings. The molecule has 0 bridgehead atoms. The van der Waals surface area contributed by atoms with Crippen LogP contribution in [0.25, 0.3) is 0 Å². The third kappa shape index (κ3) is 12.4. The van der Waals surface area contributed by atoms with E-state index in [9.17, 15) is 14.7 Å². The average Bonchev–Trinajstić information content (AvgIpc) is 3.25. The molecule has 196 valence electrons. The molecule has 2 rings (SSSR count). The zero-order valence-electron chi connectivity index (χ0n) is 21.8. The fourth-order valence-electron chi connectivity index (χ4n) is 2.80. The van der Waals surface area contributed by atoms with Crippen molar-refractivity contribution in [3.8, 4) is 5.75 Å². The second-order valence-electron chi connectivity index (χ2n) is 7.82. The number of hydrogen-bond acceptors (Lipinski definition) is 9. The average molecular weight is 510 g/mol. The van der Waals surface area contributed by atoms with Gasteiger partial charge in [0.05, 0.1) is 13.7 Å². The molecule has 2 N–H and O–H groups in total. The largest absolute Gasteiger partial charge is 0.507 e. The number of aromatic hydroxyl groups is 1. The number of ketones is 1. The van der Waals surface area contributed by atoms with Crippen LogP contribution in [0.3, 0.4) is 0 Å². The number of methoxy groups -OCH3 is 2. The van der Waals surface area contributed by atoms with Gasteiger partial charge in [0.2, 0.25) is 0 Å². The molecular formula is C26H39NO7S. The van der Waals surface area contributed by atoms with Crippen molar-refractivity contribution in [2.45, 2.75) is 59.5 Å². The summed E-state index contributed by atoms with van der Waals surface area (Å²) in [6, 6.07) is 5.60. The van der Waals surface area contributed by atoms with Gasteiger partial charge >= 0.3 is 5.63 Å². The molecule has 2 aromatic heterocycles. The highest BCUT2D eigenvalue weighted by molar-refractivity contribution is 7.11. The molecule has 0 aliphatic rings. The quantitative estimate of drug-likeness (QED) is 0.314. The van der Waals surface area contributed by atoms with Crippen molar-refractivity contribution in [3.05, 3.63) is 62.0 Å². The van der Waals surface area contributed by atoms with Crippen molar-refractivity contribution in [3.63, 3.8) is 0 Å². The van der Waals surface area contributed by atoms with Gasteiger partial charge in [-0.2, -0.15) is 0 Å². The van der Waals surface area contributed by atoms with Crippen LogP contribution in [0.5, 0.6) is 5.75 Å². The van der Waals surface area contributed by atoms with Crippen LogP contribution in [0.1, 0.15) is 71.8 Å². The van der Waals surface area contributed by atoms with Gasteiger partial charge in [-0.1, -0.05) is 26.8 Å². The summed E-state index contributed by atoms with van der Waals surface area (Å²) in [4.78, 5) is 35.7. The summed E-state index contributed by atoms with van der Waals surface area (Å²) in [5.74, 6) is -0.586. The predicted octanol–water partition coefficient (Wildman–Crippen LogP) is 5.18. The Morgan fingerprint density at radius 3 is 2.40 bits per heavy atom. The molecule has 0 saturated heterocycles. The first-order valence-electron chi connectivity index (χ1n) is 11.4. The van der Waals surface area contributed by atoms with Gasteiger partial charge in [-0.25, -0.2) is 4.79 Å². The number of aryl methyl sites for hydroxylation is 1. The number of thiophene rings is 1. The first-order chi connectivity index (χ1) is 16.7. The summed E-state index contributed by atoms with van der Waals surface area (Å²) in [7, 11) is 4.85. The second-order valence-corrected chi connectivity index (χ2v) is 9.19. The van der Waals surface area contributed by atoms with Gasteiger partial charge in [-0.15, -0.1) is 11.3 Å². The van der Waals surface area contributed by atoms with Crippen molar-refractivity contribution in [1.82, 2.24) is 5.32 Å². The van der Waals surface area contributed by atoms with E-state index in [1.165, 1.54) is 22.9 Å². The summed E-state index contributed by atoms with van der Waals surface area (Å²) >= 11 is 1.79. The lowest BCUT2D eigenvalue weighted by atomic mass is 9.96. The molecule has 0 aliphatic heterocycles. The summed E-state index contributed by atoms with van der Waals surface area (Å²) in [5, 5.41) is 12.9. The Morgan fingerprint density at radius 2 is 1.94 bits per heavy atom. The molecule has 0 spiro atoms.